The average Bonchev–Trinajstić information content (AvgIpc) is 3.54. The molecule has 0 aromatic carbocycles. The van der Waals surface area contributed by atoms with Gasteiger partial charge in [-0.25, -0.2) is 0 Å². The van der Waals surface area contributed by atoms with Crippen LogP contribution >= 0.6 is 232 Å². The van der Waals surface area contributed by atoms with Crippen molar-refractivity contribution in [2.45, 2.75) is 258 Å². The van der Waals surface area contributed by atoms with E-state index in [1.165, 1.54) is 0 Å². The summed E-state index contributed by atoms with van der Waals surface area (Å²) in [5, 5.41) is 0.238. The molecule has 0 aliphatic carbocycles. The molecule has 0 saturated carbocycles. The SMILES string of the molecule is CC(CCl)OC(C)CCl.CC(CCl)OC(C)CCl.CC(CCl)OC(C)CCl.CC(CCl)OC(C)CCl.CC(CCl)OC(C)CCl.CC(CCl)OC(C)CCl.CC(CCl)OC(C)CCl.CC(Cl)COC(C)CCl.CC(Cl)COC(C)CCl.CC(Cl)COC(C)CCl. The van der Waals surface area contributed by atoms with E-state index < -0.39 is 0 Å². The summed E-state index contributed by atoms with van der Waals surface area (Å²) in [6, 6.07) is 0. The van der Waals surface area contributed by atoms with E-state index in [9.17, 15) is 0 Å². The zero-order valence-electron chi connectivity index (χ0n) is 57.3. The molecule has 20 unspecified atom stereocenters. The number of hydrogen-bond acceptors (Lipinski definition) is 10. The van der Waals surface area contributed by atoms with Crippen LogP contribution in [0.4, 0.5) is 0 Å². The van der Waals surface area contributed by atoms with Crippen molar-refractivity contribution in [3.8, 4) is 0 Å². The topological polar surface area (TPSA) is 92.3 Å². The standard InChI is InChI=1S/10C6H12Cl2O/c3*1-5(8)4-9-6(2)3-7;7*1-5(3-7)9-6(2)4-8/h10*5-6H,3-4H2,1-2H3. The largest absolute Gasteiger partial charge is 0.376 e. The number of ether oxygens (including phenoxy) is 10. The van der Waals surface area contributed by atoms with Crippen molar-refractivity contribution in [2.24, 2.45) is 0 Å². The molecule has 0 aromatic heterocycles. The summed E-state index contributed by atoms with van der Waals surface area (Å²) < 4.78 is 52.6. The van der Waals surface area contributed by atoms with Crippen LogP contribution in [0.15, 0.2) is 0 Å². The van der Waals surface area contributed by atoms with Gasteiger partial charge in [-0.2, -0.15) is 0 Å². The molecule has 0 bridgehead atoms. The molecule has 0 rings (SSSR count). The fourth-order valence-electron chi connectivity index (χ4n) is 4.31. The molecule has 0 amide bonds. The molecule has 0 aromatic rings. The molecule has 0 spiro atoms. The summed E-state index contributed by atoms with van der Waals surface area (Å²) in [6.07, 6.45) is 1.92. The van der Waals surface area contributed by atoms with Crippen molar-refractivity contribution in [1.82, 2.24) is 0 Å². The Balaban J connectivity index is -0.0000000988. The minimum absolute atomic E-state index is 0.0793. The molecule has 0 radical (unpaired) electrons. The second kappa shape index (κ2) is 90.5. The molecular formula is C60H120Cl20O10. The maximum Gasteiger partial charge on any atom is 0.0686 e. The number of hydrogen-bond donors (Lipinski definition) is 0. The minimum Gasteiger partial charge on any atom is -0.376 e. The Morgan fingerprint density at radius 2 is 0.233 bits per heavy atom. The van der Waals surface area contributed by atoms with Crippen LogP contribution in [-0.4, -0.2) is 240 Å². The summed E-state index contributed by atoms with van der Waals surface area (Å²) in [5.41, 5.74) is 0. The number of halogens is 20. The van der Waals surface area contributed by atoms with Gasteiger partial charge in [0.25, 0.3) is 0 Å². The maximum atomic E-state index is 5.61. The van der Waals surface area contributed by atoms with E-state index in [4.69, 9.17) is 279 Å². The fraction of sp³-hybridized carbons (Fsp3) is 1.00. The Labute approximate surface area is 651 Å². The Kier molecular flexibility index (Phi) is 117. The predicted octanol–water partition coefficient (Wildman–Crippen LogP) is 22.6. The first-order valence-corrected chi connectivity index (χ1v) is 40.2. The lowest BCUT2D eigenvalue weighted by atomic mass is 10.4. The van der Waals surface area contributed by atoms with E-state index in [2.05, 4.69) is 0 Å². The van der Waals surface area contributed by atoms with Crippen molar-refractivity contribution in [3.63, 3.8) is 0 Å². The average molecular weight is 1710 g/mol. The van der Waals surface area contributed by atoms with Crippen LogP contribution in [0.1, 0.15) is 138 Å². The van der Waals surface area contributed by atoms with Gasteiger partial charge in [0, 0.05) is 100.0 Å². The van der Waals surface area contributed by atoms with E-state index >= 15 is 0 Å². The zero-order chi connectivity index (χ0) is 72.8. The molecule has 0 aliphatic rings. The van der Waals surface area contributed by atoms with Gasteiger partial charge in [0.15, 0.2) is 0 Å². The molecule has 10 nitrogen and oxygen atoms in total. The monoisotopic (exact) mass is 1700 g/mol. The van der Waals surface area contributed by atoms with Crippen LogP contribution in [0.3, 0.4) is 0 Å². The highest BCUT2D eigenvalue weighted by Gasteiger charge is 2.10. The molecule has 560 valence electrons. The summed E-state index contributed by atoms with van der Waals surface area (Å²) in [4.78, 5) is 0. The minimum atomic E-state index is 0.0793. The first kappa shape index (κ1) is 117. The summed E-state index contributed by atoms with van der Waals surface area (Å²) in [6.45, 7) is 40.2. The smallest absolute Gasteiger partial charge is 0.0686 e. The molecule has 0 aliphatic heterocycles. The van der Waals surface area contributed by atoms with Crippen LogP contribution in [0.25, 0.3) is 0 Å². The molecule has 0 saturated heterocycles. The third-order valence-electron chi connectivity index (χ3n) is 8.78. The Morgan fingerprint density at radius 1 is 0.156 bits per heavy atom. The Morgan fingerprint density at radius 3 is 0.289 bits per heavy atom. The van der Waals surface area contributed by atoms with Gasteiger partial charge in [0.1, 0.15) is 0 Å². The molecular weight excluding hydrogens is 1590 g/mol. The predicted molar refractivity (Wildman–Crippen MR) is 414 cm³/mol. The highest BCUT2D eigenvalue weighted by atomic mass is 35.5. The van der Waals surface area contributed by atoms with Crippen LogP contribution in [0, 0.1) is 0 Å². The maximum absolute atomic E-state index is 5.61. The lowest BCUT2D eigenvalue weighted by Gasteiger charge is -2.13. The Hall–Kier alpha value is 5.40. The second-order valence-electron chi connectivity index (χ2n) is 20.7. The normalized spacial score (nSPS) is 17.3. The van der Waals surface area contributed by atoms with Gasteiger partial charge >= 0.3 is 0 Å². The van der Waals surface area contributed by atoms with Gasteiger partial charge in [-0.3, -0.25) is 0 Å². The lowest BCUT2D eigenvalue weighted by molar-refractivity contribution is 0.0336. The number of rotatable bonds is 40. The van der Waals surface area contributed by atoms with Gasteiger partial charge < -0.3 is 47.4 Å². The van der Waals surface area contributed by atoms with Gasteiger partial charge in [0.2, 0.25) is 0 Å². The highest BCUT2D eigenvalue weighted by Crippen LogP contribution is 2.07. The molecule has 30 heteroatoms. The van der Waals surface area contributed by atoms with Crippen molar-refractivity contribution >= 4 is 232 Å². The third kappa shape index (κ3) is 117. The quantitative estimate of drug-likeness (QED) is 0.0552. The van der Waals surface area contributed by atoms with Crippen molar-refractivity contribution < 1.29 is 47.4 Å². The highest BCUT2D eigenvalue weighted by molar-refractivity contribution is 6.22. The summed E-state index contributed by atoms with van der Waals surface area (Å²) >= 11 is 110. The van der Waals surface area contributed by atoms with Crippen molar-refractivity contribution in [3.05, 3.63) is 0 Å². The van der Waals surface area contributed by atoms with E-state index in [0.717, 1.165) is 0 Å². The van der Waals surface area contributed by atoms with Gasteiger partial charge in [-0.1, -0.05) is 0 Å². The zero-order valence-corrected chi connectivity index (χ0v) is 72.4. The van der Waals surface area contributed by atoms with Crippen LogP contribution in [0.2, 0.25) is 0 Å². The molecule has 90 heavy (non-hydrogen) atoms. The van der Waals surface area contributed by atoms with Crippen LogP contribution < -0.4 is 0 Å². The lowest BCUT2D eigenvalue weighted by Crippen LogP contribution is -2.19. The second-order valence-corrected chi connectivity index (χ2v) is 28.2. The van der Waals surface area contributed by atoms with Crippen molar-refractivity contribution in [2.75, 3.05) is 120 Å². The van der Waals surface area contributed by atoms with Crippen molar-refractivity contribution in [1.29, 1.82) is 0 Å². The fourth-order valence-corrected chi connectivity index (χ4v) is 5.81. The van der Waals surface area contributed by atoms with Crippen LogP contribution in [0.5, 0.6) is 0 Å². The molecule has 0 N–H and O–H groups in total. The first-order chi connectivity index (χ1) is 41.9. The van der Waals surface area contributed by atoms with Crippen LogP contribution in [-0.2, 0) is 47.4 Å². The van der Waals surface area contributed by atoms with Gasteiger partial charge in [-0.15, -0.1) is 232 Å². The van der Waals surface area contributed by atoms with Gasteiger partial charge in [-0.05, 0) is 138 Å². The third-order valence-corrected chi connectivity index (χ3v) is 16.5. The molecule has 0 fully saturated rings. The number of alkyl halides is 20. The van der Waals surface area contributed by atoms with E-state index in [-0.39, 0.29) is 120 Å². The molecule has 20 atom stereocenters. The van der Waals surface area contributed by atoms with E-state index in [0.29, 0.717) is 120 Å². The van der Waals surface area contributed by atoms with E-state index in [1.807, 2.05) is 138 Å². The summed E-state index contributed by atoms with van der Waals surface area (Å²) in [7, 11) is 0. The summed E-state index contributed by atoms with van der Waals surface area (Å²) in [5.74, 6) is 9.00. The Bertz CT molecular complexity index is 997. The van der Waals surface area contributed by atoms with Gasteiger partial charge in [0.05, 0.1) is 140 Å². The first-order valence-electron chi connectivity index (χ1n) is 29.8. The molecule has 0 heterocycles. The van der Waals surface area contributed by atoms with E-state index in [1.54, 1.807) is 0 Å².